The summed E-state index contributed by atoms with van der Waals surface area (Å²) >= 11 is 0. The molecule has 22 heavy (non-hydrogen) atoms. The normalized spacial score (nSPS) is 13.5. The number of hydrogen-bond donors (Lipinski definition) is 2. The van der Waals surface area contributed by atoms with Gasteiger partial charge in [0.25, 0.3) is 0 Å². The Kier molecular flexibility index (Phi) is 5.73. The predicted molar refractivity (Wildman–Crippen MR) is 88.9 cm³/mol. The van der Waals surface area contributed by atoms with Crippen molar-refractivity contribution >= 4 is 5.97 Å². The van der Waals surface area contributed by atoms with E-state index in [0.29, 0.717) is 12.1 Å². The van der Waals surface area contributed by atoms with Gasteiger partial charge in [-0.25, -0.2) is 0 Å². The SMILES string of the molecule is CC(Cc1cccc(CC(=O)O)c1)N[C@@H](C)c1ccccc1. The van der Waals surface area contributed by atoms with Gasteiger partial charge in [0, 0.05) is 12.1 Å². The van der Waals surface area contributed by atoms with Crippen LogP contribution in [0.15, 0.2) is 54.6 Å². The van der Waals surface area contributed by atoms with Crippen LogP contribution in [0.5, 0.6) is 0 Å². The van der Waals surface area contributed by atoms with E-state index in [-0.39, 0.29) is 6.42 Å². The maximum Gasteiger partial charge on any atom is 0.307 e. The lowest BCUT2D eigenvalue weighted by atomic mass is 10.0. The summed E-state index contributed by atoms with van der Waals surface area (Å²) in [6, 6.07) is 18.8. The molecule has 0 saturated carbocycles. The van der Waals surface area contributed by atoms with Crippen LogP contribution in [0.4, 0.5) is 0 Å². The summed E-state index contributed by atoms with van der Waals surface area (Å²) in [5, 5.41) is 12.5. The number of nitrogens with one attached hydrogen (secondary N) is 1. The van der Waals surface area contributed by atoms with Gasteiger partial charge in [-0.1, -0.05) is 54.6 Å². The summed E-state index contributed by atoms with van der Waals surface area (Å²) in [7, 11) is 0. The van der Waals surface area contributed by atoms with E-state index in [2.05, 4.69) is 37.4 Å². The topological polar surface area (TPSA) is 49.3 Å². The molecule has 0 aliphatic rings. The molecule has 0 amide bonds. The second kappa shape index (κ2) is 7.76. The lowest BCUT2D eigenvalue weighted by Crippen LogP contribution is -2.30. The predicted octanol–water partition coefficient (Wildman–Crippen LogP) is 3.60. The molecule has 0 aliphatic carbocycles. The summed E-state index contributed by atoms with van der Waals surface area (Å²) in [5.41, 5.74) is 3.29. The fourth-order valence-corrected chi connectivity index (χ4v) is 2.72. The molecule has 0 radical (unpaired) electrons. The summed E-state index contributed by atoms with van der Waals surface area (Å²) in [5.74, 6) is -0.791. The van der Waals surface area contributed by atoms with Crippen molar-refractivity contribution in [2.75, 3.05) is 0 Å². The first kappa shape index (κ1) is 16.2. The quantitative estimate of drug-likeness (QED) is 0.821. The Bertz CT molecular complexity index is 610. The maximum absolute atomic E-state index is 10.8. The Morgan fingerprint density at radius 3 is 2.41 bits per heavy atom. The van der Waals surface area contributed by atoms with Gasteiger partial charge in [-0.2, -0.15) is 0 Å². The third kappa shape index (κ3) is 5.01. The van der Waals surface area contributed by atoms with Crippen LogP contribution >= 0.6 is 0 Å². The molecule has 116 valence electrons. The average Bonchev–Trinajstić information content (AvgIpc) is 2.47. The van der Waals surface area contributed by atoms with Crippen molar-refractivity contribution in [1.82, 2.24) is 5.32 Å². The molecule has 0 aliphatic heterocycles. The van der Waals surface area contributed by atoms with Crippen LogP contribution in [0.25, 0.3) is 0 Å². The first-order valence-electron chi connectivity index (χ1n) is 7.65. The number of benzene rings is 2. The van der Waals surface area contributed by atoms with E-state index < -0.39 is 5.97 Å². The molecular weight excluding hydrogens is 274 g/mol. The highest BCUT2D eigenvalue weighted by Crippen LogP contribution is 2.14. The number of carbonyl (C=O) groups is 1. The zero-order chi connectivity index (χ0) is 15.9. The summed E-state index contributed by atoms with van der Waals surface area (Å²) in [6.45, 7) is 4.32. The first-order valence-corrected chi connectivity index (χ1v) is 7.65. The third-order valence-corrected chi connectivity index (χ3v) is 3.72. The van der Waals surface area contributed by atoms with Crippen molar-refractivity contribution in [3.63, 3.8) is 0 Å². The Morgan fingerprint density at radius 2 is 1.73 bits per heavy atom. The minimum absolute atomic E-state index is 0.0794. The molecule has 0 bridgehead atoms. The highest BCUT2D eigenvalue weighted by atomic mass is 16.4. The summed E-state index contributed by atoms with van der Waals surface area (Å²) in [6.07, 6.45) is 0.959. The van der Waals surface area contributed by atoms with Gasteiger partial charge in [0.1, 0.15) is 0 Å². The van der Waals surface area contributed by atoms with Gasteiger partial charge < -0.3 is 10.4 Å². The van der Waals surface area contributed by atoms with Gasteiger partial charge >= 0.3 is 5.97 Å². The molecule has 2 atom stereocenters. The Balaban J connectivity index is 1.94. The minimum Gasteiger partial charge on any atom is -0.481 e. The van der Waals surface area contributed by atoms with Crippen molar-refractivity contribution < 1.29 is 9.90 Å². The lowest BCUT2D eigenvalue weighted by Gasteiger charge is -2.20. The fraction of sp³-hybridized carbons (Fsp3) is 0.316. The van der Waals surface area contributed by atoms with Crippen molar-refractivity contribution in [2.45, 2.75) is 38.8 Å². The number of aliphatic carboxylic acids is 1. The van der Waals surface area contributed by atoms with Gasteiger partial charge in [-0.15, -0.1) is 0 Å². The molecule has 0 heterocycles. The number of hydrogen-bond acceptors (Lipinski definition) is 2. The molecule has 2 N–H and O–H groups in total. The molecule has 0 spiro atoms. The third-order valence-electron chi connectivity index (χ3n) is 3.72. The van der Waals surface area contributed by atoms with E-state index in [1.807, 2.05) is 36.4 Å². The van der Waals surface area contributed by atoms with E-state index in [1.54, 1.807) is 0 Å². The van der Waals surface area contributed by atoms with Crippen LogP contribution in [0.3, 0.4) is 0 Å². The van der Waals surface area contributed by atoms with Crippen molar-refractivity contribution in [2.24, 2.45) is 0 Å². The van der Waals surface area contributed by atoms with Crippen molar-refractivity contribution in [3.8, 4) is 0 Å². The molecule has 2 aromatic rings. The maximum atomic E-state index is 10.8. The Labute approximate surface area is 132 Å². The van der Waals surface area contributed by atoms with E-state index in [0.717, 1.165) is 12.0 Å². The molecule has 0 saturated heterocycles. The first-order chi connectivity index (χ1) is 10.5. The van der Waals surface area contributed by atoms with Crippen LogP contribution in [-0.2, 0) is 17.6 Å². The van der Waals surface area contributed by atoms with Crippen LogP contribution < -0.4 is 5.32 Å². The monoisotopic (exact) mass is 297 g/mol. The fourth-order valence-electron chi connectivity index (χ4n) is 2.72. The highest BCUT2D eigenvalue weighted by Gasteiger charge is 2.10. The largest absolute Gasteiger partial charge is 0.481 e. The molecule has 3 nitrogen and oxygen atoms in total. The molecule has 1 unspecified atom stereocenters. The minimum atomic E-state index is -0.791. The van der Waals surface area contributed by atoms with Gasteiger partial charge in [0.05, 0.1) is 6.42 Å². The van der Waals surface area contributed by atoms with Gasteiger partial charge in [-0.05, 0) is 37.0 Å². The average molecular weight is 297 g/mol. The van der Waals surface area contributed by atoms with Gasteiger partial charge in [0.15, 0.2) is 0 Å². The van der Waals surface area contributed by atoms with E-state index in [1.165, 1.54) is 11.1 Å². The Morgan fingerprint density at radius 1 is 1.05 bits per heavy atom. The van der Waals surface area contributed by atoms with Crippen molar-refractivity contribution in [1.29, 1.82) is 0 Å². The Hall–Kier alpha value is -2.13. The molecule has 0 aromatic heterocycles. The van der Waals surface area contributed by atoms with Gasteiger partial charge in [-0.3, -0.25) is 4.79 Å². The smallest absolute Gasteiger partial charge is 0.307 e. The van der Waals surface area contributed by atoms with Crippen molar-refractivity contribution in [3.05, 3.63) is 71.3 Å². The molecule has 3 heteroatoms. The van der Waals surface area contributed by atoms with E-state index in [9.17, 15) is 4.79 Å². The molecule has 2 rings (SSSR count). The number of carboxylic acids is 1. The second-order valence-corrected chi connectivity index (χ2v) is 5.79. The lowest BCUT2D eigenvalue weighted by molar-refractivity contribution is -0.136. The number of carboxylic acid groups (broad SMARTS) is 1. The molecule has 0 fully saturated rings. The summed E-state index contributed by atoms with van der Waals surface area (Å²) in [4.78, 5) is 10.8. The zero-order valence-corrected chi connectivity index (χ0v) is 13.1. The van der Waals surface area contributed by atoms with Crippen LogP contribution in [0.1, 0.15) is 36.6 Å². The van der Waals surface area contributed by atoms with Crippen LogP contribution in [0, 0.1) is 0 Å². The highest BCUT2D eigenvalue weighted by molar-refractivity contribution is 5.70. The molecular formula is C19H23NO2. The van der Waals surface area contributed by atoms with E-state index >= 15 is 0 Å². The summed E-state index contributed by atoms with van der Waals surface area (Å²) < 4.78 is 0. The standard InChI is InChI=1S/C19H23NO2/c1-14(20-15(2)18-9-4-3-5-10-18)11-16-7-6-8-17(12-16)13-19(21)22/h3-10,12,14-15,20H,11,13H2,1-2H3,(H,21,22)/t14?,15-/m0/s1. The van der Waals surface area contributed by atoms with E-state index in [4.69, 9.17) is 5.11 Å². The zero-order valence-electron chi connectivity index (χ0n) is 13.1. The number of rotatable bonds is 7. The van der Waals surface area contributed by atoms with Crippen LogP contribution in [0.2, 0.25) is 0 Å². The second-order valence-electron chi connectivity index (χ2n) is 5.79. The molecule has 2 aromatic carbocycles. The van der Waals surface area contributed by atoms with Crippen LogP contribution in [-0.4, -0.2) is 17.1 Å². The van der Waals surface area contributed by atoms with Gasteiger partial charge in [0.2, 0.25) is 0 Å².